The number of aliphatic hydroxyl groups is 1. The first-order valence-electron chi connectivity index (χ1n) is 7.99. The summed E-state index contributed by atoms with van der Waals surface area (Å²) in [6.07, 6.45) is -6.19. The lowest BCUT2D eigenvalue weighted by Crippen LogP contribution is -2.29. The number of carbonyl (C=O) groups excluding carboxylic acids is 1. The first kappa shape index (κ1) is 18.9. The van der Waals surface area contributed by atoms with Gasteiger partial charge in [-0.15, -0.1) is 0 Å². The van der Waals surface area contributed by atoms with Crippen molar-refractivity contribution in [1.82, 2.24) is 5.32 Å². The van der Waals surface area contributed by atoms with Crippen LogP contribution in [-0.2, 0) is 6.18 Å². The molecule has 1 aromatic heterocycles. The third kappa shape index (κ3) is 3.80. The van der Waals surface area contributed by atoms with Gasteiger partial charge in [-0.05, 0) is 36.8 Å². The highest BCUT2D eigenvalue weighted by molar-refractivity contribution is 5.98. The number of benzene rings is 2. The molecule has 3 aromatic rings. The molecular formula is C19H15F4NO3. The highest BCUT2D eigenvalue weighted by Gasteiger charge is 2.34. The normalized spacial score (nSPS) is 13.0. The number of furan rings is 1. The van der Waals surface area contributed by atoms with Crippen molar-refractivity contribution in [1.29, 1.82) is 0 Å². The van der Waals surface area contributed by atoms with Crippen LogP contribution < -0.4 is 5.32 Å². The Balaban J connectivity index is 1.78. The van der Waals surface area contributed by atoms with Gasteiger partial charge in [0, 0.05) is 17.5 Å². The first-order chi connectivity index (χ1) is 12.7. The number of rotatable bonds is 4. The van der Waals surface area contributed by atoms with E-state index in [0.717, 1.165) is 12.1 Å². The second kappa shape index (κ2) is 7.03. The Morgan fingerprint density at radius 1 is 1.22 bits per heavy atom. The third-order valence-electron chi connectivity index (χ3n) is 4.19. The maximum atomic E-state index is 13.3. The molecule has 0 radical (unpaired) electrons. The summed E-state index contributed by atoms with van der Waals surface area (Å²) in [7, 11) is 0. The molecule has 0 spiro atoms. The molecule has 1 unspecified atom stereocenters. The number of aliphatic hydroxyl groups excluding tert-OH is 1. The monoisotopic (exact) mass is 381 g/mol. The second-order valence-corrected chi connectivity index (χ2v) is 6.01. The van der Waals surface area contributed by atoms with Crippen LogP contribution in [-0.4, -0.2) is 17.6 Å². The van der Waals surface area contributed by atoms with Crippen LogP contribution in [0.3, 0.4) is 0 Å². The summed E-state index contributed by atoms with van der Waals surface area (Å²) < 4.78 is 57.8. The molecule has 0 saturated carbocycles. The Labute approximate surface area is 151 Å². The Morgan fingerprint density at radius 2 is 1.93 bits per heavy atom. The molecule has 2 aromatic carbocycles. The maximum Gasteiger partial charge on any atom is 0.416 e. The number of alkyl halides is 3. The van der Waals surface area contributed by atoms with Crippen LogP contribution >= 0.6 is 0 Å². The van der Waals surface area contributed by atoms with Gasteiger partial charge in [0.1, 0.15) is 11.4 Å². The van der Waals surface area contributed by atoms with E-state index in [2.05, 4.69) is 5.32 Å². The zero-order valence-corrected chi connectivity index (χ0v) is 14.1. The van der Waals surface area contributed by atoms with Crippen molar-refractivity contribution >= 4 is 16.9 Å². The molecule has 142 valence electrons. The van der Waals surface area contributed by atoms with Crippen molar-refractivity contribution in [2.75, 3.05) is 6.54 Å². The quantitative estimate of drug-likeness (QED) is 0.660. The molecule has 0 fully saturated rings. The van der Waals surface area contributed by atoms with Crippen LogP contribution in [0.2, 0.25) is 0 Å². The van der Waals surface area contributed by atoms with Gasteiger partial charge in [-0.1, -0.05) is 18.2 Å². The van der Waals surface area contributed by atoms with Gasteiger partial charge in [-0.3, -0.25) is 4.79 Å². The van der Waals surface area contributed by atoms with Crippen LogP contribution in [0.4, 0.5) is 17.6 Å². The minimum atomic E-state index is -4.62. The van der Waals surface area contributed by atoms with Crippen molar-refractivity contribution in [3.05, 3.63) is 70.7 Å². The highest BCUT2D eigenvalue weighted by Crippen LogP contribution is 2.34. The average Bonchev–Trinajstić information content (AvgIpc) is 2.95. The first-order valence-corrected chi connectivity index (χ1v) is 7.99. The molecule has 1 amide bonds. The Morgan fingerprint density at radius 3 is 2.63 bits per heavy atom. The number of nitrogens with one attached hydrogen (secondary N) is 1. The molecule has 2 N–H and O–H groups in total. The zero-order valence-electron chi connectivity index (χ0n) is 14.1. The molecule has 3 rings (SSSR count). The van der Waals surface area contributed by atoms with E-state index >= 15 is 0 Å². The van der Waals surface area contributed by atoms with Crippen molar-refractivity contribution in [2.24, 2.45) is 0 Å². The third-order valence-corrected chi connectivity index (χ3v) is 4.19. The standard InChI is InChI=1S/C19H15F4NO3/c1-10-13-8-11(20)6-7-16(13)27-17(10)18(26)24-9-15(25)12-4-2-3-5-14(12)19(21,22)23/h2-8,15,25H,9H2,1H3,(H,24,26). The molecule has 0 bridgehead atoms. The summed E-state index contributed by atoms with van der Waals surface area (Å²) in [6.45, 7) is 1.12. The second-order valence-electron chi connectivity index (χ2n) is 6.01. The summed E-state index contributed by atoms with van der Waals surface area (Å²) in [5, 5.41) is 12.9. The summed E-state index contributed by atoms with van der Waals surface area (Å²) in [4.78, 5) is 12.3. The van der Waals surface area contributed by atoms with E-state index < -0.39 is 36.1 Å². The summed E-state index contributed by atoms with van der Waals surface area (Å²) in [5.74, 6) is -1.29. The van der Waals surface area contributed by atoms with E-state index in [9.17, 15) is 27.5 Å². The molecule has 1 heterocycles. The van der Waals surface area contributed by atoms with E-state index in [1.165, 1.54) is 30.3 Å². The highest BCUT2D eigenvalue weighted by atomic mass is 19.4. The van der Waals surface area contributed by atoms with Crippen molar-refractivity contribution < 1.29 is 31.9 Å². The molecule has 4 nitrogen and oxygen atoms in total. The largest absolute Gasteiger partial charge is 0.451 e. The molecule has 0 saturated heterocycles. The lowest BCUT2D eigenvalue weighted by atomic mass is 10.0. The SMILES string of the molecule is Cc1c(C(=O)NCC(O)c2ccccc2C(F)(F)F)oc2ccc(F)cc12. The Kier molecular flexibility index (Phi) is 4.93. The van der Waals surface area contributed by atoms with E-state index in [1.54, 1.807) is 6.92 Å². The van der Waals surface area contributed by atoms with Crippen molar-refractivity contribution in [2.45, 2.75) is 19.2 Å². The molecular weight excluding hydrogens is 366 g/mol. The molecule has 0 aliphatic rings. The minimum Gasteiger partial charge on any atom is -0.451 e. The summed E-state index contributed by atoms with van der Waals surface area (Å²) >= 11 is 0. The maximum absolute atomic E-state index is 13.3. The summed E-state index contributed by atoms with van der Waals surface area (Å²) in [6, 6.07) is 8.38. The summed E-state index contributed by atoms with van der Waals surface area (Å²) in [5.41, 5.74) is -0.606. The van der Waals surface area contributed by atoms with Crippen molar-refractivity contribution in [3.63, 3.8) is 0 Å². The van der Waals surface area contributed by atoms with E-state index in [0.29, 0.717) is 16.5 Å². The average molecular weight is 381 g/mol. The lowest BCUT2D eigenvalue weighted by molar-refractivity contribution is -0.139. The fraction of sp³-hybridized carbons (Fsp3) is 0.211. The van der Waals surface area contributed by atoms with Gasteiger partial charge >= 0.3 is 6.18 Å². The number of fused-ring (bicyclic) bond motifs is 1. The van der Waals surface area contributed by atoms with Gasteiger partial charge in [0.05, 0.1) is 11.7 Å². The Bertz CT molecular complexity index is 994. The van der Waals surface area contributed by atoms with Gasteiger partial charge in [-0.25, -0.2) is 4.39 Å². The van der Waals surface area contributed by atoms with Crippen LogP contribution in [0.1, 0.15) is 33.3 Å². The van der Waals surface area contributed by atoms with Crippen molar-refractivity contribution in [3.8, 4) is 0 Å². The smallest absolute Gasteiger partial charge is 0.416 e. The number of carbonyl (C=O) groups is 1. The predicted molar refractivity (Wildman–Crippen MR) is 89.6 cm³/mol. The fourth-order valence-electron chi connectivity index (χ4n) is 2.84. The van der Waals surface area contributed by atoms with Gasteiger partial charge in [-0.2, -0.15) is 13.2 Å². The number of hydrogen-bond donors (Lipinski definition) is 2. The molecule has 0 aliphatic heterocycles. The lowest BCUT2D eigenvalue weighted by Gasteiger charge is -2.17. The zero-order chi connectivity index (χ0) is 19.8. The van der Waals surface area contributed by atoms with Gasteiger partial charge in [0.25, 0.3) is 5.91 Å². The minimum absolute atomic E-state index is 0.0908. The van der Waals surface area contributed by atoms with E-state index in [-0.39, 0.29) is 11.3 Å². The van der Waals surface area contributed by atoms with Gasteiger partial charge < -0.3 is 14.8 Å². The topological polar surface area (TPSA) is 62.5 Å². The molecule has 0 aliphatic carbocycles. The number of halogens is 4. The van der Waals surface area contributed by atoms with Crippen LogP contribution in [0.15, 0.2) is 46.9 Å². The molecule has 1 atom stereocenters. The molecule has 27 heavy (non-hydrogen) atoms. The predicted octanol–water partition coefficient (Wildman–Crippen LogP) is 4.36. The van der Waals surface area contributed by atoms with Crippen LogP contribution in [0.25, 0.3) is 11.0 Å². The number of hydrogen-bond acceptors (Lipinski definition) is 3. The van der Waals surface area contributed by atoms with Gasteiger partial charge in [0.2, 0.25) is 0 Å². The number of aryl methyl sites for hydroxylation is 1. The van der Waals surface area contributed by atoms with Crippen LogP contribution in [0, 0.1) is 12.7 Å². The van der Waals surface area contributed by atoms with Gasteiger partial charge in [0.15, 0.2) is 5.76 Å². The Hall–Kier alpha value is -2.87. The molecule has 8 heteroatoms. The van der Waals surface area contributed by atoms with E-state index in [1.807, 2.05) is 0 Å². The number of amides is 1. The van der Waals surface area contributed by atoms with E-state index in [4.69, 9.17) is 4.42 Å². The fourth-order valence-corrected chi connectivity index (χ4v) is 2.84. The van der Waals surface area contributed by atoms with Crippen LogP contribution in [0.5, 0.6) is 0 Å².